The van der Waals surface area contributed by atoms with Gasteiger partial charge in [0.2, 0.25) is 0 Å². The first-order valence-corrected chi connectivity index (χ1v) is 10.2. The van der Waals surface area contributed by atoms with Crippen LogP contribution in [0.1, 0.15) is 54.2 Å². The molecule has 0 saturated heterocycles. The lowest BCUT2D eigenvalue weighted by molar-refractivity contribution is 0.102. The topological polar surface area (TPSA) is 58.6 Å². The Morgan fingerprint density at radius 1 is 0.967 bits per heavy atom. The SMILES string of the molecule is CCC(C)(C)c1ccc(Oc2cccc(C(=O)Nc3c(C)ccc(C)c3O)c2)cc1. The van der Waals surface area contributed by atoms with Crippen LogP contribution in [-0.4, -0.2) is 11.0 Å². The van der Waals surface area contributed by atoms with Crippen molar-refractivity contribution < 1.29 is 14.6 Å². The quantitative estimate of drug-likeness (QED) is 0.448. The smallest absolute Gasteiger partial charge is 0.255 e. The molecule has 0 fully saturated rings. The first-order valence-electron chi connectivity index (χ1n) is 10.2. The minimum Gasteiger partial charge on any atom is -0.505 e. The predicted molar refractivity (Wildman–Crippen MR) is 122 cm³/mol. The molecule has 4 heteroatoms. The molecule has 0 aromatic heterocycles. The standard InChI is InChI=1S/C26H29NO3/c1-6-26(4,5)20-12-14-21(15-13-20)30-22-9-7-8-19(16-22)25(29)27-23-17(2)10-11-18(3)24(23)28/h7-16,28H,6H2,1-5H3,(H,27,29). The van der Waals surface area contributed by atoms with Gasteiger partial charge in [-0.1, -0.05) is 51.1 Å². The maximum absolute atomic E-state index is 12.7. The van der Waals surface area contributed by atoms with Gasteiger partial charge in [-0.3, -0.25) is 4.79 Å². The average Bonchev–Trinajstić information content (AvgIpc) is 2.74. The van der Waals surface area contributed by atoms with Crippen molar-refractivity contribution in [2.75, 3.05) is 5.32 Å². The summed E-state index contributed by atoms with van der Waals surface area (Å²) in [5.41, 5.74) is 3.78. The van der Waals surface area contributed by atoms with Gasteiger partial charge in [-0.25, -0.2) is 0 Å². The first kappa shape index (κ1) is 21.4. The van der Waals surface area contributed by atoms with Crippen LogP contribution in [0, 0.1) is 13.8 Å². The number of nitrogens with one attached hydrogen (secondary N) is 1. The molecule has 0 aliphatic rings. The van der Waals surface area contributed by atoms with Crippen LogP contribution in [-0.2, 0) is 5.41 Å². The maximum Gasteiger partial charge on any atom is 0.255 e. The highest BCUT2D eigenvalue weighted by atomic mass is 16.5. The number of anilines is 1. The number of hydrogen-bond donors (Lipinski definition) is 2. The number of carbonyl (C=O) groups excluding carboxylic acids is 1. The van der Waals surface area contributed by atoms with E-state index in [0.717, 1.165) is 17.7 Å². The molecule has 4 nitrogen and oxygen atoms in total. The first-order chi connectivity index (χ1) is 14.2. The molecule has 1 amide bonds. The van der Waals surface area contributed by atoms with E-state index in [1.54, 1.807) is 25.1 Å². The third kappa shape index (κ3) is 4.65. The highest BCUT2D eigenvalue weighted by Crippen LogP contribution is 2.32. The predicted octanol–water partition coefficient (Wildman–Crippen LogP) is 6.74. The summed E-state index contributed by atoms with van der Waals surface area (Å²) in [6, 6.07) is 18.8. The lowest BCUT2D eigenvalue weighted by atomic mass is 9.82. The molecule has 3 aromatic carbocycles. The number of ether oxygens (including phenoxy) is 1. The number of hydrogen-bond acceptors (Lipinski definition) is 3. The van der Waals surface area contributed by atoms with E-state index in [9.17, 15) is 9.90 Å². The van der Waals surface area contributed by atoms with Crippen LogP contribution in [0.15, 0.2) is 60.7 Å². The molecule has 0 bridgehead atoms. The van der Waals surface area contributed by atoms with Crippen molar-refractivity contribution in [3.63, 3.8) is 0 Å². The molecule has 30 heavy (non-hydrogen) atoms. The molecule has 0 aliphatic carbocycles. The second-order valence-electron chi connectivity index (χ2n) is 8.27. The molecule has 3 aromatic rings. The molecule has 0 spiro atoms. The number of amides is 1. The van der Waals surface area contributed by atoms with E-state index in [1.165, 1.54) is 5.56 Å². The van der Waals surface area contributed by atoms with Crippen LogP contribution in [0.2, 0.25) is 0 Å². The fourth-order valence-corrected chi connectivity index (χ4v) is 3.15. The van der Waals surface area contributed by atoms with E-state index in [4.69, 9.17) is 4.74 Å². The number of carbonyl (C=O) groups is 1. The Kier molecular flexibility index (Phi) is 6.16. The monoisotopic (exact) mass is 403 g/mol. The van der Waals surface area contributed by atoms with E-state index in [2.05, 4.69) is 38.2 Å². The summed E-state index contributed by atoms with van der Waals surface area (Å²) >= 11 is 0. The van der Waals surface area contributed by atoms with Crippen molar-refractivity contribution in [3.05, 3.63) is 82.9 Å². The summed E-state index contributed by atoms with van der Waals surface area (Å²) in [4.78, 5) is 12.7. The molecule has 0 atom stereocenters. The van der Waals surface area contributed by atoms with Gasteiger partial charge < -0.3 is 15.2 Å². The van der Waals surface area contributed by atoms with Crippen molar-refractivity contribution in [3.8, 4) is 17.2 Å². The minimum absolute atomic E-state index is 0.0887. The van der Waals surface area contributed by atoms with Gasteiger partial charge in [0.25, 0.3) is 5.91 Å². The normalized spacial score (nSPS) is 11.2. The zero-order valence-corrected chi connectivity index (χ0v) is 18.2. The van der Waals surface area contributed by atoms with Crippen molar-refractivity contribution >= 4 is 11.6 Å². The van der Waals surface area contributed by atoms with E-state index >= 15 is 0 Å². The van der Waals surface area contributed by atoms with Crippen LogP contribution < -0.4 is 10.1 Å². The largest absolute Gasteiger partial charge is 0.505 e. The van der Waals surface area contributed by atoms with Crippen molar-refractivity contribution in [1.82, 2.24) is 0 Å². The Hall–Kier alpha value is -3.27. The Morgan fingerprint density at radius 2 is 1.63 bits per heavy atom. The fraction of sp³-hybridized carbons (Fsp3) is 0.269. The van der Waals surface area contributed by atoms with E-state index in [-0.39, 0.29) is 17.1 Å². The summed E-state index contributed by atoms with van der Waals surface area (Å²) in [6.45, 7) is 10.3. The maximum atomic E-state index is 12.7. The molecule has 0 heterocycles. The van der Waals surface area contributed by atoms with Gasteiger partial charge in [0.15, 0.2) is 0 Å². The van der Waals surface area contributed by atoms with Crippen LogP contribution in [0.5, 0.6) is 17.2 Å². The zero-order valence-electron chi connectivity index (χ0n) is 18.2. The van der Waals surface area contributed by atoms with Crippen molar-refractivity contribution in [1.29, 1.82) is 0 Å². The Balaban J connectivity index is 1.77. The van der Waals surface area contributed by atoms with Gasteiger partial charge in [0.05, 0.1) is 5.69 Å². The summed E-state index contributed by atoms with van der Waals surface area (Å²) in [7, 11) is 0. The fourth-order valence-electron chi connectivity index (χ4n) is 3.15. The number of rotatable bonds is 6. The molecular weight excluding hydrogens is 374 g/mol. The van der Waals surface area contributed by atoms with Gasteiger partial charge in [0, 0.05) is 5.56 Å². The second-order valence-corrected chi connectivity index (χ2v) is 8.27. The summed E-state index contributed by atoms with van der Waals surface area (Å²) in [6.07, 6.45) is 1.06. The van der Waals surface area contributed by atoms with Crippen LogP contribution in [0.3, 0.4) is 0 Å². The van der Waals surface area contributed by atoms with E-state index < -0.39 is 0 Å². The lowest BCUT2D eigenvalue weighted by Gasteiger charge is -2.23. The van der Waals surface area contributed by atoms with Crippen LogP contribution >= 0.6 is 0 Å². The molecule has 0 saturated carbocycles. The molecule has 2 N–H and O–H groups in total. The van der Waals surface area contributed by atoms with E-state index in [0.29, 0.717) is 22.6 Å². The molecular formula is C26H29NO3. The molecule has 0 unspecified atom stereocenters. The average molecular weight is 404 g/mol. The second kappa shape index (κ2) is 8.62. The molecule has 3 rings (SSSR count). The number of benzene rings is 3. The van der Waals surface area contributed by atoms with Gasteiger partial charge in [-0.05, 0) is 72.7 Å². The van der Waals surface area contributed by atoms with Crippen LogP contribution in [0.25, 0.3) is 0 Å². The van der Waals surface area contributed by atoms with Crippen molar-refractivity contribution in [2.24, 2.45) is 0 Å². The third-order valence-corrected chi connectivity index (χ3v) is 5.68. The third-order valence-electron chi connectivity index (χ3n) is 5.68. The van der Waals surface area contributed by atoms with Gasteiger partial charge in [-0.15, -0.1) is 0 Å². The Labute approximate surface area is 178 Å². The van der Waals surface area contributed by atoms with Crippen LogP contribution in [0.4, 0.5) is 5.69 Å². The minimum atomic E-state index is -0.301. The van der Waals surface area contributed by atoms with Gasteiger partial charge in [-0.2, -0.15) is 0 Å². The highest BCUT2D eigenvalue weighted by molar-refractivity contribution is 6.05. The Bertz CT molecular complexity index is 1050. The summed E-state index contributed by atoms with van der Waals surface area (Å²) < 4.78 is 5.96. The van der Waals surface area contributed by atoms with E-state index in [1.807, 2.05) is 37.3 Å². The van der Waals surface area contributed by atoms with Gasteiger partial charge >= 0.3 is 0 Å². The Morgan fingerprint density at radius 3 is 2.30 bits per heavy atom. The molecule has 156 valence electrons. The number of aryl methyl sites for hydroxylation is 2. The summed E-state index contributed by atoms with van der Waals surface area (Å²) in [5, 5.41) is 13.1. The number of aromatic hydroxyl groups is 1. The number of phenols is 1. The van der Waals surface area contributed by atoms with Gasteiger partial charge in [0.1, 0.15) is 17.2 Å². The number of phenolic OH excluding ortho intramolecular Hbond substituents is 1. The zero-order chi connectivity index (χ0) is 21.9. The highest BCUT2D eigenvalue weighted by Gasteiger charge is 2.18. The van der Waals surface area contributed by atoms with Crippen molar-refractivity contribution in [2.45, 2.75) is 46.5 Å². The molecule has 0 aliphatic heterocycles. The lowest BCUT2D eigenvalue weighted by Crippen LogP contribution is -2.14. The molecule has 0 radical (unpaired) electrons. The summed E-state index contributed by atoms with van der Waals surface area (Å²) in [5.74, 6) is 1.08.